The summed E-state index contributed by atoms with van der Waals surface area (Å²) >= 11 is 5.92. The molecule has 0 fully saturated rings. The van der Waals surface area contributed by atoms with Gasteiger partial charge in [0, 0.05) is 24.4 Å². The molecule has 1 aliphatic heterocycles. The molecule has 1 aromatic carbocycles. The van der Waals surface area contributed by atoms with E-state index >= 15 is 0 Å². The van der Waals surface area contributed by atoms with Crippen molar-refractivity contribution in [1.29, 1.82) is 0 Å². The lowest BCUT2D eigenvalue weighted by molar-refractivity contribution is 0.219. The van der Waals surface area contributed by atoms with Crippen molar-refractivity contribution in [1.82, 2.24) is 0 Å². The highest BCUT2D eigenvalue weighted by Crippen LogP contribution is 2.16. The summed E-state index contributed by atoms with van der Waals surface area (Å²) in [7, 11) is 0. The predicted molar refractivity (Wildman–Crippen MR) is 66.0 cm³/mol. The molecule has 1 aliphatic rings. The minimum atomic E-state index is 0.139. The van der Waals surface area contributed by atoms with E-state index in [1.54, 1.807) is 0 Å². The number of nitrogens with two attached hydrogens (primary N) is 1. The molecule has 0 saturated carbocycles. The molecule has 0 radical (unpaired) electrons. The summed E-state index contributed by atoms with van der Waals surface area (Å²) in [6.45, 7) is 1.31. The molecule has 86 valence electrons. The van der Waals surface area contributed by atoms with E-state index in [1.807, 2.05) is 18.2 Å². The van der Waals surface area contributed by atoms with E-state index in [4.69, 9.17) is 22.1 Å². The van der Waals surface area contributed by atoms with Crippen LogP contribution in [0.15, 0.2) is 29.3 Å². The molecule has 0 aromatic heterocycles. The number of aliphatic imine (C=N–C) groups is 1. The Hall–Kier alpha value is -1.06. The van der Waals surface area contributed by atoms with Crippen LogP contribution in [0.25, 0.3) is 0 Å². The zero-order chi connectivity index (χ0) is 11.4. The van der Waals surface area contributed by atoms with Gasteiger partial charge in [0.25, 0.3) is 0 Å². The van der Waals surface area contributed by atoms with Gasteiger partial charge in [0.2, 0.25) is 0 Å². The quantitative estimate of drug-likeness (QED) is 0.873. The van der Waals surface area contributed by atoms with Crippen molar-refractivity contribution in [2.45, 2.75) is 18.9 Å². The summed E-state index contributed by atoms with van der Waals surface area (Å²) in [5, 5.41) is 0.763. The fraction of sp³-hybridized carbons (Fsp3) is 0.417. The van der Waals surface area contributed by atoms with Crippen LogP contribution in [0.5, 0.6) is 0 Å². The lowest BCUT2D eigenvalue weighted by Crippen LogP contribution is -2.17. The maximum absolute atomic E-state index is 5.92. The Balaban J connectivity index is 1.89. The third kappa shape index (κ3) is 2.97. The van der Waals surface area contributed by atoms with Crippen molar-refractivity contribution in [2.75, 3.05) is 13.1 Å². The second-order valence-corrected chi connectivity index (χ2v) is 4.28. The Morgan fingerprint density at radius 1 is 1.50 bits per heavy atom. The summed E-state index contributed by atoms with van der Waals surface area (Å²) in [5.74, 6) is 0.787. The molecular weight excluding hydrogens is 224 g/mol. The van der Waals surface area contributed by atoms with Crippen molar-refractivity contribution >= 4 is 17.5 Å². The molecule has 0 aliphatic carbocycles. The van der Waals surface area contributed by atoms with E-state index in [0.29, 0.717) is 6.54 Å². The first-order valence-electron chi connectivity index (χ1n) is 5.42. The van der Waals surface area contributed by atoms with Crippen LogP contribution >= 0.6 is 11.6 Å². The fourth-order valence-electron chi connectivity index (χ4n) is 1.77. The number of rotatable bonds is 4. The van der Waals surface area contributed by atoms with Crippen LogP contribution in [0.3, 0.4) is 0 Å². The molecule has 4 heteroatoms. The zero-order valence-corrected chi connectivity index (χ0v) is 9.78. The minimum absolute atomic E-state index is 0.139. The van der Waals surface area contributed by atoms with Crippen LogP contribution in [-0.2, 0) is 11.2 Å². The Labute approximate surface area is 100 Å². The molecule has 0 saturated heterocycles. The summed E-state index contributed by atoms with van der Waals surface area (Å²) in [6, 6.07) is 7.84. The van der Waals surface area contributed by atoms with Crippen LogP contribution in [0, 0.1) is 0 Å². The van der Waals surface area contributed by atoms with E-state index < -0.39 is 0 Å². The first kappa shape index (κ1) is 11.4. The van der Waals surface area contributed by atoms with Crippen LogP contribution in [-0.4, -0.2) is 25.1 Å². The monoisotopic (exact) mass is 238 g/mol. The Morgan fingerprint density at radius 3 is 3.12 bits per heavy atom. The average molecular weight is 239 g/mol. The topological polar surface area (TPSA) is 47.6 Å². The summed E-state index contributed by atoms with van der Waals surface area (Å²) < 4.78 is 5.67. The molecule has 0 spiro atoms. The highest BCUT2D eigenvalue weighted by Gasteiger charge is 2.19. The second-order valence-electron chi connectivity index (χ2n) is 3.85. The Bertz CT molecular complexity index is 392. The van der Waals surface area contributed by atoms with Crippen molar-refractivity contribution in [2.24, 2.45) is 10.7 Å². The van der Waals surface area contributed by atoms with Crippen LogP contribution in [0.4, 0.5) is 0 Å². The first-order chi connectivity index (χ1) is 7.78. The summed E-state index contributed by atoms with van der Waals surface area (Å²) in [4.78, 5) is 4.31. The van der Waals surface area contributed by atoms with Gasteiger partial charge in [-0.3, -0.25) is 4.99 Å². The standard InChI is InChI=1S/C12H15ClN2O/c13-10-3-1-2-9(6-10)7-11-8-15-12(16-11)4-5-14/h1-3,6,11H,4-5,7-8,14H2. The van der Waals surface area contributed by atoms with Gasteiger partial charge in [-0.1, -0.05) is 23.7 Å². The maximum Gasteiger partial charge on any atom is 0.185 e. The molecule has 2 N–H and O–H groups in total. The van der Waals surface area contributed by atoms with Gasteiger partial charge in [0.15, 0.2) is 5.90 Å². The Morgan fingerprint density at radius 2 is 2.38 bits per heavy atom. The molecular formula is C12H15ClN2O. The first-order valence-corrected chi connectivity index (χ1v) is 5.80. The highest BCUT2D eigenvalue weighted by atomic mass is 35.5. The lowest BCUT2D eigenvalue weighted by atomic mass is 10.1. The molecule has 1 atom stereocenters. The molecule has 1 heterocycles. The second kappa shape index (κ2) is 5.32. The van der Waals surface area contributed by atoms with Crippen molar-refractivity contribution in [3.05, 3.63) is 34.9 Å². The van der Waals surface area contributed by atoms with Gasteiger partial charge in [0.05, 0.1) is 6.54 Å². The number of nitrogens with zero attached hydrogens (tertiary/aromatic N) is 1. The zero-order valence-electron chi connectivity index (χ0n) is 9.03. The van der Waals surface area contributed by atoms with E-state index in [-0.39, 0.29) is 6.10 Å². The summed E-state index contributed by atoms with van der Waals surface area (Å²) in [6.07, 6.45) is 1.71. The van der Waals surface area contributed by atoms with Gasteiger partial charge in [-0.25, -0.2) is 0 Å². The van der Waals surface area contributed by atoms with Gasteiger partial charge >= 0.3 is 0 Å². The number of hydrogen-bond acceptors (Lipinski definition) is 3. The maximum atomic E-state index is 5.92. The van der Waals surface area contributed by atoms with Crippen LogP contribution in [0.2, 0.25) is 5.02 Å². The van der Waals surface area contributed by atoms with E-state index in [9.17, 15) is 0 Å². The van der Waals surface area contributed by atoms with E-state index in [2.05, 4.69) is 11.1 Å². The molecule has 3 nitrogen and oxygen atoms in total. The normalized spacial score (nSPS) is 19.4. The molecule has 0 amide bonds. The van der Waals surface area contributed by atoms with Gasteiger partial charge in [0.1, 0.15) is 6.10 Å². The van der Waals surface area contributed by atoms with Crippen molar-refractivity contribution < 1.29 is 4.74 Å². The van der Waals surface area contributed by atoms with Gasteiger partial charge in [-0.05, 0) is 17.7 Å². The lowest BCUT2D eigenvalue weighted by Gasteiger charge is -2.11. The molecule has 2 rings (SSSR count). The molecule has 1 unspecified atom stereocenters. The van der Waals surface area contributed by atoms with Crippen LogP contribution in [0.1, 0.15) is 12.0 Å². The number of hydrogen-bond donors (Lipinski definition) is 1. The van der Waals surface area contributed by atoms with Crippen molar-refractivity contribution in [3.8, 4) is 0 Å². The molecule has 0 bridgehead atoms. The van der Waals surface area contributed by atoms with Gasteiger partial charge in [-0.2, -0.15) is 0 Å². The highest BCUT2D eigenvalue weighted by molar-refractivity contribution is 6.30. The molecule has 1 aromatic rings. The van der Waals surface area contributed by atoms with Gasteiger partial charge in [-0.15, -0.1) is 0 Å². The van der Waals surface area contributed by atoms with Crippen molar-refractivity contribution in [3.63, 3.8) is 0 Å². The number of halogens is 1. The fourth-order valence-corrected chi connectivity index (χ4v) is 1.98. The smallest absolute Gasteiger partial charge is 0.185 e. The third-order valence-electron chi connectivity index (χ3n) is 2.48. The Kier molecular flexibility index (Phi) is 3.80. The number of ether oxygens (including phenoxy) is 1. The number of benzene rings is 1. The van der Waals surface area contributed by atoms with E-state index in [0.717, 1.165) is 30.3 Å². The third-order valence-corrected chi connectivity index (χ3v) is 2.72. The SMILES string of the molecule is NCCC1=NCC(Cc2cccc(Cl)c2)O1. The minimum Gasteiger partial charge on any atom is -0.475 e. The predicted octanol–water partition coefficient (Wildman–Crippen LogP) is 2.03. The largest absolute Gasteiger partial charge is 0.475 e. The summed E-state index contributed by atoms with van der Waals surface area (Å²) in [5.41, 5.74) is 6.63. The van der Waals surface area contributed by atoms with Gasteiger partial charge < -0.3 is 10.5 Å². The van der Waals surface area contributed by atoms with E-state index in [1.165, 1.54) is 5.56 Å². The molecule has 16 heavy (non-hydrogen) atoms. The van der Waals surface area contributed by atoms with Crippen LogP contribution < -0.4 is 5.73 Å². The average Bonchev–Trinajstić information content (AvgIpc) is 2.66.